The Morgan fingerprint density at radius 2 is 2.12 bits per heavy atom. The first-order chi connectivity index (χ1) is 7.93. The van der Waals surface area contributed by atoms with Gasteiger partial charge in [-0.15, -0.1) is 11.3 Å². The fourth-order valence-corrected chi connectivity index (χ4v) is 2.79. The average Bonchev–Trinajstić information content (AvgIpc) is 2.71. The molecule has 2 amide bonds. The molecule has 0 saturated carbocycles. The molecule has 1 aromatic heterocycles. The zero-order valence-corrected chi connectivity index (χ0v) is 11.0. The van der Waals surface area contributed by atoms with Crippen molar-refractivity contribution in [2.24, 2.45) is 5.14 Å². The first kappa shape index (κ1) is 13.9. The molecular formula is C9H15N3O3S2. The second kappa shape index (κ2) is 5.99. The Labute approximate surface area is 104 Å². The van der Waals surface area contributed by atoms with E-state index >= 15 is 0 Å². The van der Waals surface area contributed by atoms with Crippen LogP contribution in [0.4, 0.5) is 4.79 Å². The van der Waals surface area contributed by atoms with Gasteiger partial charge in [-0.05, 0) is 18.6 Å². The first-order valence-electron chi connectivity index (χ1n) is 5.06. The van der Waals surface area contributed by atoms with E-state index in [9.17, 15) is 13.2 Å². The van der Waals surface area contributed by atoms with Crippen molar-refractivity contribution < 1.29 is 13.2 Å². The minimum atomic E-state index is -3.64. The van der Waals surface area contributed by atoms with Crippen LogP contribution in [0.25, 0.3) is 0 Å². The Bertz CT molecular complexity index is 481. The Balaban J connectivity index is 2.48. The third-order valence-electron chi connectivity index (χ3n) is 1.88. The zero-order chi connectivity index (χ0) is 12.9. The van der Waals surface area contributed by atoms with E-state index in [4.69, 9.17) is 5.14 Å². The molecule has 1 aromatic rings. The minimum absolute atomic E-state index is 0.100. The molecule has 0 aliphatic heterocycles. The Morgan fingerprint density at radius 1 is 1.41 bits per heavy atom. The van der Waals surface area contributed by atoms with E-state index in [2.05, 4.69) is 10.6 Å². The zero-order valence-electron chi connectivity index (χ0n) is 9.39. The number of hydrogen-bond donors (Lipinski definition) is 3. The minimum Gasteiger partial charge on any atom is -0.338 e. The van der Waals surface area contributed by atoms with Gasteiger partial charge in [-0.1, -0.05) is 6.92 Å². The van der Waals surface area contributed by atoms with Crippen LogP contribution in [0.15, 0.2) is 16.3 Å². The maximum absolute atomic E-state index is 11.2. The predicted octanol–water partition coefficient (Wildman–Crippen LogP) is 0.605. The van der Waals surface area contributed by atoms with Gasteiger partial charge in [-0.25, -0.2) is 18.4 Å². The summed E-state index contributed by atoms with van der Waals surface area (Å²) in [5.41, 5.74) is 0. The maximum atomic E-state index is 11.2. The third-order valence-corrected chi connectivity index (χ3v) is 4.40. The number of carbonyl (C=O) groups is 1. The molecule has 96 valence electrons. The molecule has 6 nitrogen and oxygen atoms in total. The van der Waals surface area contributed by atoms with Crippen molar-refractivity contribution >= 4 is 27.4 Å². The van der Waals surface area contributed by atoms with Crippen LogP contribution in [0.3, 0.4) is 0 Å². The fraction of sp³-hybridized carbons (Fsp3) is 0.444. The number of nitrogens with two attached hydrogens (primary N) is 1. The van der Waals surface area contributed by atoms with E-state index < -0.39 is 10.0 Å². The number of urea groups is 1. The molecule has 1 heterocycles. The van der Waals surface area contributed by atoms with Gasteiger partial charge in [0.2, 0.25) is 10.0 Å². The predicted molar refractivity (Wildman–Crippen MR) is 66.2 cm³/mol. The van der Waals surface area contributed by atoms with E-state index in [1.165, 1.54) is 6.07 Å². The van der Waals surface area contributed by atoms with Crippen molar-refractivity contribution in [2.75, 3.05) is 6.54 Å². The monoisotopic (exact) mass is 277 g/mol. The van der Waals surface area contributed by atoms with Crippen LogP contribution in [0.2, 0.25) is 0 Å². The summed E-state index contributed by atoms with van der Waals surface area (Å²) in [6.07, 6.45) is 0.863. The van der Waals surface area contributed by atoms with Crippen molar-refractivity contribution in [1.82, 2.24) is 10.6 Å². The molecule has 1 rings (SSSR count). The highest BCUT2D eigenvalue weighted by Crippen LogP contribution is 2.19. The molecule has 4 N–H and O–H groups in total. The molecule has 0 aliphatic carbocycles. The summed E-state index contributed by atoms with van der Waals surface area (Å²) in [5, 5.41) is 10.2. The molecule has 0 radical (unpaired) electrons. The number of primary sulfonamides is 1. The van der Waals surface area contributed by atoms with Crippen LogP contribution in [0.5, 0.6) is 0 Å². The van der Waals surface area contributed by atoms with Gasteiger partial charge in [0.15, 0.2) is 0 Å². The smallest absolute Gasteiger partial charge is 0.315 e. The summed E-state index contributed by atoms with van der Waals surface area (Å²) in [7, 11) is -3.64. The van der Waals surface area contributed by atoms with E-state index in [1.54, 1.807) is 6.07 Å². The van der Waals surface area contributed by atoms with E-state index in [-0.39, 0.29) is 16.8 Å². The topological polar surface area (TPSA) is 101 Å². The van der Waals surface area contributed by atoms with Crippen LogP contribution in [-0.4, -0.2) is 21.0 Å². The lowest BCUT2D eigenvalue weighted by Gasteiger charge is -2.04. The van der Waals surface area contributed by atoms with Crippen LogP contribution >= 0.6 is 11.3 Å². The highest BCUT2D eigenvalue weighted by molar-refractivity contribution is 7.91. The number of hydrogen-bond acceptors (Lipinski definition) is 4. The Morgan fingerprint density at radius 3 is 2.65 bits per heavy atom. The van der Waals surface area contributed by atoms with Gasteiger partial charge in [-0.3, -0.25) is 0 Å². The van der Waals surface area contributed by atoms with Crippen LogP contribution in [0, 0.1) is 0 Å². The molecule has 17 heavy (non-hydrogen) atoms. The van der Waals surface area contributed by atoms with Crippen LogP contribution in [0.1, 0.15) is 18.2 Å². The van der Waals surface area contributed by atoms with Crippen molar-refractivity contribution in [3.63, 3.8) is 0 Å². The van der Waals surface area contributed by atoms with Gasteiger partial charge in [0.1, 0.15) is 4.21 Å². The molecule has 0 unspecified atom stereocenters. The standard InChI is InChI=1S/C9H15N3O3S2/c1-2-5-11-9(13)12-6-7-3-4-8(16-7)17(10,14)15/h3-4H,2,5-6H2,1H3,(H2,10,14,15)(H2,11,12,13). The number of thiophene rings is 1. The summed E-state index contributed by atoms with van der Waals surface area (Å²) < 4.78 is 22.1. The van der Waals surface area contributed by atoms with Gasteiger partial charge in [0, 0.05) is 11.4 Å². The lowest BCUT2D eigenvalue weighted by Crippen LogP contribution is -2.35. The van der Waals surface area contributed by atoms with Gasteiger partial charge in [0.05, 0.1) is 6.54 Å². The van der Waals surface area contributed by atoms with Gasteiger partial charge in [-0.2, -0.15) is 0 Å². The maximum Gasteiger partial charge on any atom is 0.315 e. The van der Waals surface area contributed by atoms with Crippen molar-refractivity contribution in [3.8, 4) is 0 Å². The SMILES string of the molecule is CCCNC(=O)NCc1ccc(S(N)(=O)=O)s1. The molecule has 0 spiro atoms. The molecular weight excluding hydrogens is 262 g/mol. The molecule has 0 bridgehead atoms. The largest absolute Gasteiger partial charge is 0.338 e. The van der Waals surface area contributed by atoms with E-state index in [0.717, 1.165) is 22.6 Å². The number of rotatable bonds is 5. The van der Waals surface area contributed by atoms with E-state index in [1.807, 2.05) is 6.92 Å². The molecule has 8 heteroatoms. The number of nitrogens with one attached hydrogen (secondary N) is 2. The fourth-order valence-electron chi connectivity index (χ4n) is 1.07. The average molecular weight is 277 g/mol. The number of sulfonamides is 1. The molecule has 0 atom stereocenters. The van der Waals surface area contributed by atoms with Crippen LogP contribution in [-0.2, 0) is 16.6 Å². The molecule has 0 aromatic carbocycles. The number of carbonyl (C=O) groups excluding carboxylic acids is 1. The summed E-state index contributed by atoms with van der Waals surface area (Å²) in [6, 6.07) is 2.79. The van der Waals surface area contributed by atoms with E-state index in [0.29, 0.717) is 6.54 Å². The second-order valence-electron chi connectivity index (χ2n) is 3.38. The summed E-state index contributed by atoms with van der Waals surface area (Å²) in [6.45, 7) is 2.85. The van der Waals surface area contributed by atoms with Crippen LogP contribution < -0.4 is 15.8 Å². The first-order valence-corrected chi connectivity index (χ1v) is 7.43. The highest BCUT2D eigenvalue weighted by Gasteiger charge is 2.11. The summed E-state index contributed by atoms with van der Waals surface area (Å²) >= 11 is 1.05. The van der Waals surface area contributed by atoms with Gasteiger partial charge < -0.3 is 10.6 Å². The normalized spacial score (nSPS) is 11.2. The van der Waals surface area contributed by atoms with Gasteiger partial charge in [0.25, 0.3) is 0 Å². The van der Waals surface area contributed by atoms with Gasteiger partial charge >= 0.3 is 6.03 Å². The summed E-state index contributed by atoms with van der Waals surface area (Å²) in [4.78, 5) is 12.0. The van der Waals surface area contributed by atoms with Crippen molar-refractivity contribution in [2.45, 2.75) is 24.1 Å². The van der Waals surface area contributed by atoms with Crippen molar-refractivity contribution in [3.05, 3.63) is 17.0 Å². The Hall–Kier alpha value is -1.12. The summed E-state index contributed by atoms with van der Waals surface area (Å²) in [5.74, 6) is 0. The molecule has 0 fully saturated rings. The number of amides is 2. The lowest BCUT2D eigenvalue weighted by molar-refractivity contribution is 0.240. The lowest BCUT2D eigenvalue weighted by atomic mass is 10.4. The second-order valence-corrected chi connectivity index (χ2v) is 6.33. The third kappa shape index (κ3) is 4.72. The van der Waals surface area contributed by atoms with Crippen molar-refractivity contribution in [1.29, 1.82) is 0 Å². The molecule has 0 aliphatic rings. The quantitative estimate of drug-likeness (QED) is 0.734. The highest BCUT2D eigenvalue weighted by atomic mass is 32.2. The molecule has 0 saturated heterocycles. The Kier molecular flexibility index (Phi) is 4.91.